The van der Waals surface area contributed by atoms with Crippen LogP contribution in [0.1, 0.15) is 5.56 Å². The number of aromatic nitrogens is 1. The highest BCUT2D eigenvalue weighted by Crippen LogP contribution is 2.24. The third-order valence-corrected chi connectivity index (χ3v) is 5.30. The summed E-state index contributed by atoms with van der Waals surface area (Å²) in [6, 6.07) is 22.1. The number of anilines is 2. The number of phenols is 1. The first kappa shape index (κ1) is 22.6. The van der Waals surface area contributed by atoms with Gasteiger partial charge in [0, 0.05) is 39.1 Å². The van der Waals surface area contributed by atoms with Crippen molar-refractivity contribution in [1.29, 1.82) is 5.26 Å². The third kappa shape index (κ3) is 5.26. The van der Waals surface area contributed by atoms with Crippen LogP contribution < -0.4 is 10.6 Å². The molecule has 0 aliphatic carbocycles. The van der Waals surface area contributed by atoms with E-state index in [2.05, 4.69) is 10.6 Å². The van der Waals surface area contributed by atoms with Gasteiger partial charge in [-0.15, -0.1) is 0 Å². The van der Waals surface area contributed by atoms with Gasteiger partial charge in [-0.05, 0) is 60.7 Å². The molecule has 3 aromatic carbocycles. The zero-order valence-corrected chi connectivity index (χ0v) is 18.6. The van der Waals surface area contributed by atoms with Crippen molar-refractivity contribution in [2.75, 3.05) is 10.6 Å². The van der Waals surface area contributed by atoms with Crippen molar-refractivity contribution in [3.8, 4) is 11.8 Å². The van der Waals surface area contributed by atoms with E-state index < -0.39 is 5.91 Å². The van der Waals surface area contributed by atoms with Crippen LogP contribution in [-0.2, 0) is 16.1 Å². The fourth-order valence-corrected chi connectivity index (χ4v) is 3.58. The molecule has 34 heavy (non-hydrogen) atoms. The number of nitriles is 1. The number of nitrogens with zero attached hydrogens (tertiary/aromatic N) is 2. The summed E-state index contributed by atoms with van der Waals surface area (Å²) in [4.78, 5) is 25.3. The zero-order chi connectivity index (χ0) is 24.1. The normalized spacial score (nSPS) is 11.1. The molecule has 168 valence electrons. The van der Waals surface area contributed by atoms with Crippen molar-refractivity contribution in [2.45, 2.75) is 6.54 Å². The summed E-state index contributed by atoms with van der Waals surface area (Å²) in [7, 11) is 0. The molecule has 0 fully saturated rings. The molecule has 1 heterocycles. The summed E-state index contributed by atoms with van der Waals surface area (Å²) in [5.74, 6) is -0.739. The first-order valence-electron chi connectivity index (χ1n) is 10.3. The van der Waals surface area contributed by atoms with Gasteiger partial charge in [-0.2, -0.15) is 5.26 Å². The summed E-state index contributed by atoms with van der Waals surface area (Å²) in [6.07, 6.45) is 3.23. The molecule has 0 aliphatic heterocycles. The van der Waals surface area contributed by atoms with Crippen LogP contribution in [0.15, 0.2) is 84.6 Å². The van der Waals surface area contributed by atoms with E-state index >= 15 is 0 Å². The van der Waals surface area contributed by atoms with E-state index in [1.54, 1.807) is 35.0 Å². The quantitative estimate of drug-likeness (QED) is 0.205. The molecule has 0 saturated carbocycles. The van der Waals surface area contributed by atoms with E-state index in [1.165, 1.54) is 30.3 Å². The Labute approximate surface area is 200 Å². The Morgan fingerprint density at radius 1 is 0.971 bits per heavy atom. The average Bonchev–Trinajstić information content (AvgIpc) is 3.17. The molecule has 0 spiro atoms. The van der Waals surface area contributed by atoms with Crippen LogP contribution in [0.25, 0.3) is 17.0 Å². The summed E-state index contributed by atoms with van der Waals surface area (Å²) >= 11 is 5.89. The summed E-state index contributed by atoms with van der Waals surface area (Å²) in [6.45, 7) is 0.0402. The van der Waals surface area contributed by atoms with Gasteiger partial charge < -0.3 is 20.3 Å². The molecule has 3 N–H and O–H groups in total. The molecule has 0 atom stereocenters. The number of hydrogen-bond donors (Lipinski definition) is 3. The predicted molar refractivity (Wildman–Crippen MR) is 132 cm³/mol. The number of halogens is 1. The Morgan fingerprint density at radius 2 is 1.62 bits per heavy atom. The summed E-state index contributed by atoms with van der Waals surface area (Å²) < 4.78 is 1.76. The first-order chi connectivity index (χ1) is 16.4. The number of para-hydroxylation sites is 1. The molecule has 0 bridgehead atoms. The van der Waals surface area contributed by atoms with Crippen LogP contribution in [-0.4, -0.2) is 21.5 Å². The number of nitrogens with one attached hydrogen (secondary N) is 2. The molecule has 0 aliphatic rings. The fraction of sp³-hybridized carbons (Fsp3) is 0.0385. The number of rotatable bonds is 6. The number of carbonyl (C=O) groups is 2. The lowest BCUT2D eigenvalue weighted by Crippen LogP contribution is -2.18. The number of phenolic OH excluding ortho intramolecular Hbond substituents is 1. The van der Waals surface area contributed by atoms with Crippen molar-refractivity contribution in [1.82, 2.24) is 4.57 Å². The minimum atomic E-state index is -0.578. The second kappa shape index (κ2) is 9.94. The highest BCUT2D eigenvalue weighted by Gasteiger charge is 2.14. The molecular formula is C26H19ClN4O3. The first-order valence-corrected chi connectivity index (χ1v) is 10.7. The molecule has 2 amide bonds. The molecule has 4 aromatic rings. The van der Waals surface area contributed by atoms with Crippen molar-refractivity contribution < 1.29 is 14.7 Å². The molecule has 4 rings (SSSR count). The summed E-state index contributed by atoms with van der Waals surface area (Å²) in [5, 5.41) is 25.8. The number of benzene rings is 3. The van der Waals surface area contributed by atoms with Gasteiger partial charge in [0.15, 0.2) is 0 Å². The molecule has 0 radical (unpaired) electrons. The lowest BCUT2D eigenvalue weighted by atomic mass is 10.1. The van der Waals surface area contributed by atoms with Gasteiger partial charge in [-0.25, -0.2) is 0 Å². The minimum absolute atomic E-state index is 0.0402. The standard InChI is InChI=1S/C26H19ClN4O3/c27-19-5-7-20(8-6-19)29-25(33)16-31-15-18(23-3-1-2-4-24(23)31)13-17(14-28)26(34)30-21-9-11-22(32)12-10-21/h1-13,15,32H,16H2,(H,29,33)(H,30,34)/b17-13-. The van der Waals surface area contributed by atoms with Gasteiger partial charge in [0.25, 0.3) is 5.91 Å². The van der Waals surface area contributed by atoms with Crippen molar-refractivity contribution in [2.24, 2.45) is 0 Å². The van der Waals surface area contributed by atoms with E-state index in [9.17, 15) is 20.0 Å². The van der Waals surface area contributed by atoms with E-state index in [-0.39, 0.29) is 23.8 Å². The Balaban J connectivity index is 1.58. The van der Waals surface area contributed by atoms with Gasteiger partial charge in [0.2, 0.25) is 5.91 Å². The Hall–Kier alpha value is -4.54. The van der Waals surface area contributed by atoms with Gasteiger partial charge in [-0.3, -0.25) is 9.59 Å². The molecule has 0 unspecified atom stereocenters. The van der Waals surface area contributed by atoms with Gasteiger partial charge in [-0.1, -0.05) is 29.8 Å². The molecule has 0 saturated heterocycles. The fourth-order valence-electron chi connectivity index (χ4n) is 3.46. The molecule has 8 heteroatoms. The Kier molecular flexibility index (Phi) is 6.62. The van der Waals surface area contributed by atoms with Crippen LogP contribution >= 0.6 is 11.6 Å². The molecule has 1 aromatic heterocycles. The lowest BCUT2D eigenvalue weighted by molar-refractivity contribution is -0.116. The van der Waals surface area contributed by atoms with Gasteiger partial charge in [0.1, 0.15) is 23.9 Å². The van der Waals surface area contributed by atoms with Crippen LogP contribution in [0, 0.1) is 11.3 Å². The van der Waals surface area contributed by atoms with Crippen LogP contribution in [0.2, 0.25) is 5.02 Å². The van der Waals surface area contributed by atoms with Gasteiger partial charge >= 0.3 is 0 Å². The SMILES string of the molecule is N#C/C(=C/c1cn(CC(=O)Nc2ccc(Cl)cc2)c2ccccc12)C(=O)Nc1ccc(O)cc1. The summed E-state index contributed by atoms with van der Waals surface area (Å²) in [5.41, 5.74) is 2.40. The highest BCUT2D eigenvalue weighted by atomic mass is 35.5. The predicted octanol–water partition coefficient (Wildman–Crippen LogP) is 5.18. The van der Waals surface area contributed by atoms with E-state index in [1.807, 2.05) is 30.3 Å². The van der Waals surface area contributed by atoms with Crippen LogP contribution in [0.4, 0.5) is 11.4 Å². The average molecular weight is 471 g/mol. The lowest BCUT2D eigenvalue weighted by Gasteiger charge is -2.07. The number of hydrogen-bond acceptors (Lipinski definition) is 4. The van der Waals surface area contributed by atoms with Crippen molar-refractivity contribution in [3.63, 3.8) is 0 Å². The highest BCUT2D eigenvalue weighted by molar-refractivity contribution is 6.30. The Morgan fingerprint density at radius 3 is 2.32 bits per heavy atom. The maximum Gasteiger partial charge on any atom is 0.266 e. The second-order valence-corrected chi connectivity index (χ2v) is 7.89. The Bertz CT molecular complexity index is 1430. The zero-order valence-electron chi connectivity index (χ0n) is 17.8. The maximum atomic E-state index is 12.6. The number of carbonyl (C=O) groups excluding carboxylic acids is 2. The number of fused-ring (bicyclic) bond motifs is 1. The monoisotopic (exact) mass is 470 g/mol. The smallest absolute Gasteiger partial charge is 0.266 e. The molecular weight excluding hydrogens is 452 g/mol. The largest absolute Gasteiger partial charge is 0.508 e. The second-order valence-electron chi connectivity index (χ2n) is 7.46. The topological polar surface area (TPSA) is 107 Å². The van der Waals surface area contributed by atoms with Gasteiger partial charge in [0.05, 0.1) is 0 Å². The van der Waals surface area contributed by atoms with Crippen LogP contribution in [0.5, 0.6) is 5.75 Å². The third-order valence-electron chi connectivity index (χ3n) is 5.05. The van der Waals surface area contributed by atoms with Crippen molar-refractivity contribution >= 4 is 51.8 Å². The maximum absolute atomic E-state index is 12.6. The van der Waals surface area contributed by atoms with E-state index in [4.69, 9.17) is 11.6 Å². The van der Waals surface area contributed by atoms with E-state index in [0.29, 0.717) is 22.0 Å². The molecule has 7 nitrogen and oxygen atoms in total. The van der Waals surface area contributed by atoms with Crippen molar-refractivity contribution in [3.05, 3.63) is 95.2 Å². The number of aromatic hydroxyl groups is 1. The minimum Gasteiger partial charge on any atom is -0.508 e. The van der Waals surface area contributed by atoms with E-state index in [0.717, 1.165) is 10.9 Å². The van der Waals surface area contributed by atoms with Crippen LogP contribution in [0.3, 0.4) is 0 Å². The number of amides is 2.